The van der Waals surface area contributed by atoms with Gasteiger partial charge in [-0.2, -0.15) is 0 Å². The van der Waals surface area contributed by atoms with E-state index in [-0.39, 0.29) is 0 Å². The number of allylic oxidation sites excluding steroid dienone is 1. The Bertz CT molecular complexity index is 535. The standard InChI is InChI=1S/C17H19NO/c1-3-7-14(8-4-1)11-12-17-18-13-16(19-17)15-9-5-2-6-10-15/h2,5-6,9-14H,1,3-4,7-8H2/b12-11-. The fourth-order valence-corrected chi connectivity index (χ4v) is 2.65. The minimum absolute atomic E-state index is 0.709. The molecule has 0 saturated heterocycles. The largest absolute Gasteiger partial charge is 0.437 e. The SMILES string of the molecule is C(=C/C1CCCCC1)/c1ncc(-c2ccccc2)o1. The van der Waals surface area contributed by atoms with Gasteiger partial charge < -0.3 is 4.42 Å². The molecule has 3 rings (SSSR count). The Hall–Kier alpha value is -1.83. The number of oxazole rings is 1. The Balaban J connectivity index is 1.69. The van der Waals surface area contributed by atoms with Crippen LogP contribution in [0.25, 0.3) is 17.4 Å². The first-order valence-electron chi connectivity index (χ1n) is 7.11. The van der Waals surface area contributed by atoms with E-state index in [4.69, 9.17) is 4.42 Å². The van der Waals surface area contributed by atoms with Crippen LogP contribution in [0.4, 0.5) is 0 Å². The summed E-state index contributed by atoms with van der Waals surface area (Å²) in [5.41, 5.74) is 1.08. The highest BCUT2D eigenvalue weighted by Crippen LogP contribution is 2.26. The molecule has 0 aliphatic heterocycles. The number of rotatable bonds is 3. The minimum atomic E-state index is 0.709. The van der Waals surface area contributed by atoms with Crippen LogP contribution in [0.15, 0.2) is 47.0 Å². The minimum Gasteiger partial charge on any atom is -0.437 e. The highest BCUT2D eigenvalue weighted by atomic mass is 16.4. The Morgan fingerprint density at radius 2 is 1.84 bits per heavy atom. The average Bonchev–Trinajstić information content (AvgIpc) is 2.96. The smallest absolute Gasteiger partial charge is 0.219 e. The molecule has 0 amide bonds. The van der Waals surface area contributed by atoms with E-state index >= 15 is 0 Å². The first kappa shape index (κ1) is 12.2. The van der Waals surface area contributed by atoms with Crippen LogP contribution < -0.4 is 0 Å². The third-order valence-electron chi connectivity index (χ3n) is 3.74. The lowest BCUT2D eigenvalue weighted by Crippen LogP contribution is -2.02. The summed E-state index contributed by atoms with van der Waals surface area (Å²) in [6.45, 7) is 0. The predicted octanol–water partition coefficient (Wildman–Crippen LogP) is 4.94. The monoisotopic (exact) mass is 253 g/mol. The molecule has 0 atom stereocenters. The molecule has 1 fully saturated rings. The molecule has 0 unspecified atom stereocenters. The molecule has 0 radical (unpaired) electrons. The molecule has 0 N–H and O–H groups in total. The molecule has 1 aromatic carbocycles. The quantitative estimate of drug-likeness (QED) is 0.774. The van der Waals surface area contributed by atoms with Crippen molar-refractivity contribution >= 4 is 6.08 Å². The van der Waals surface area contributed by atoms with E-state index in [1.165, 1.54) is 32.1 Å². The molecule has 1 heterocycles. The van der Waals surface area contributed by atoms with Crippen molar-refractivity contribution in [2.45, 2.75) is 32.1 Å². The summed E-state index contributed by atoms with van der Waals surface area (Å²) in [5, 5.41) is 0. The van der Waals surface area contributed by atoms with Gasteiger partial charge >= 0.3 is 0 Å². The maximum atomic E-state index is 5.76. The Labute approximate surface area is 114 Å². The normalized spacial score (nSPS) is 17.1. The van der Waals surface area contributed by atoms with Gasteiger partial charge in [-0.25, -0.2) is 4.98 Å². The van der Waals surface area contributed by atoms with E-state index in [9.17, 15) is 0 Å². The topological polar surface area (TPSA) is 26.0 Å². The van der Waals surface area contributed by atoms with E-state index in [2.05, 4.69) is 11.1 Å². The van der Waals surface area contributed by atoms with Gasteiger partial charge in [-0.3, -0.25) is 0 Å². The Morgan fingerprint density at radius 1 is 1.05 bits per heavy atom. The van der Waals surface area contributed by atoms with Gasteiger partial charge in [0.15, 0.2) is 5.76 Å². The number of aromatic nitrogens is 1. The van der Waals surface area contributed by atoms with Gasteiger partial charge in [0, 0.05) is 5.56 Å². The zero-order valence-corrected chi connectivity index (χ0v) is 11.1. The number of benzene rings is 1. The fraction of sp³-hybridized carbons (Fsp3) is 0.353. The van der Waals surface area contributed by atoms with Crippen molar-refractivity contribution in [3.63, 3.8) is 0 Å². The predicted molar refractivity (Wildman–Crippen MR) is 77.5 cm³/mol. The van der Waals surface area contributed by atoms with Crippen molar-refractivity contribution in [3.8, 4) is 11.3 Å². The van der Waals surface area contributed by atoms with Crippen molar-refractivity contribution < 1.29 is 4.42 Å². The van der Waals surface area contributed by atoms with Crippen molar-refractivity contribution in [3.05, 3.63) is 48.5 Å². The number of hydrogen-bond acceptors (Lipinski definition) is 2. The summed E-state index contributed by atoms with van der Waals surface area (Å²) in [6, 6.07) is 10.1. The lowest BCUT2D eigenvalue weighted by atomic mass is 9.89. The molecule has 1 aliphatic carbocycles. The van der Waals surface area contributed by atoms with Crippen LogP contribution in [-0.4, -0.2) is 4.98 Å². The summed E-state index contributed by atoms with van der Waals surface area (Å²) in [6.07, 6.45) is 12.8. The van der Waals surface area contributed by atoms with Gasteiger partial charge in [-0.05, 0) is 24.8 Å². The van der Waals surface area contributed by atoms with Crippen LogP contribution >= 0.6 is 0 Å². The van der Waals surface area contributed by atoms with Gasteiger partial charge in [0.2, 0.25) is 5.89 Å². The third kappa shape index (κ3) is 3.14. The molecule has 2 aromatic rings. The second kappa shape index (κ2) is 5.87. The van der Waals surface area contributed by atoms with Gasteiger partial charge in [0.1, 0.15) is 0 Å². The second-order valence-electron chi connectivity index (χ2n) is 5.19. The molecular weight excluding hydrogens is 234 g/mol. The van der Waals surface area contributed by atoms with E-state index in [1.54, 1.807) is 6.20 Å². The van der Waals surface area contributed by atoms with E-state index in [1.807, 2.05) is 36.4 Å². The van der Waals surface area contributed by atoms with Gasteiger partial charge in [-0.1, -0.05) is 55.7 Å². The summed E-state index contributed by atoms with van der Waals surface area (Å²) in [5.74, 6) is 2.26. The van der Waals surface area contributed by atoms with Crippen molar-refractivity contribution in [2.75, 3.05) is 0 Å². The molecule has 1 aliphatic rings. The van der Waals surface area contributed by atoms with Gasteiger partial charge in [-0.15, -0.1) is 0 Å². The zero-order valence-electron chi connectivity index (χ0n) is 11.1. The van der Waals surface area contributed by atoms with Crippen molar-refractivity contribution in [1.29, 1.82) is 0 Å². The first-order valence-corrected chi connectivity index (χ1v) is 7.11. The Morgan fingerprint density at radius 3 is 2.63 bits per heavy atom. The maximum Gasteiger partial charge on any atom is 0.219 e. The molecule has 19 heavy (non-hydrogen) atoms. The van der Waals surface area contributed by atoms with Crippen LogP contribution in [0.1, 0.15) is 38.0 Å². The van der Waals surface area contributed by atoms with Crippen LogP contribution in [0.2, 0.25) is 0 Å². The average molecular weight is 253 g/mol. The summed E-state index contributed by atoms with van der Waals surface area (Å²) in [4.78, 5) is 4.32. The Kier molecular flexibility index (Phi) is 3.78. The van der Waals surface area contributed by atoms with Gasteiger partial charge in [0.05, 0.1) is 6.20 Å². The highest BCUT2D eigenvalue weighted by molar-refractivity contribution is 5.57. The van der Waals surface area contributed by atoms with E-state index in [0.29, 0.717) is 11.8 Å². The van der Waals surface area contributed by atoms with Crippen molar-refractivity contribution in [1.82, 2.24) is 4.98 Å². The molecular formula is C17H19NO. The molecule has 0 bridgehead atoms. The number of nitrogens with zero attached hydrogens (tertiary/aromatic N) is 1. The lowest BCUT2D eigenvalue weighted by Gasteiger charge is -2.17. The second-order valence-corrected chi connectivity index (χ2v) is 5.19. The summed E-state index contributed by atoms with van der Waals surface area (Å²) >= 11 is 0. The van der Waals surface area contributed by atoms with Crippen LogP contribution in [-0.2, 0) is 0 Å². The van der Waals surface area contributed by atoms with Crippen molar-refractivity contribution in [2.24, 2.45) is 5.92 Å². The summed E-state index contributed by atoms with van der Waals surface area (Å²) in [7, 11) is 0. The van der Waals surface area contributed by atoms with Crippen LogP contribution in [0.5, 0.6) is 0 Å². The van der Waals surface area contributed by atoms with Crippen LogP contribution in [0, 0.1) is 5.92 Å². The van der Waals surface area contributed by atoms with Gasteiger partial charge in [0.25, 0.3) is 0 Å². The maximum absolute atomic E-state index is 5.76. The molecule has 1 saturated carbocycles. The third-order valence-corrected chi connectivity index (χ3v) is 3.74. The van der Waals surface area contributed by atoms with E-state index < -0.39 is 0 Å². The molecule has 2 heteroatoms. The van der Waals surface area contributed by atoms with Crippen LogP contribution in [0.3, 0.4) is 0 Å². The zero-order chi connectivity index (χ0) is 12.9. The lowest BCUT2D eigenvalue weighted by molar-refractivity contribution is 0.420. The molecule has 1 aromatic heterocycles. The molecule has 0 spiro atoms. The first-order chi connectivity index (χ1) is 9.42. The molecule has 98 valence electrons. The number of hydrogen-bond donors (Lipinski definition) is 0. The molecule has 2 nitrogen and oxygen atoms in total. The highest BCUT2D eigenvalue weighted by Gasteiger charge is 2.10. The van der Waals surface area contributed by atoms with E-state index in [0.717, 1.165) is 11.3 Å². The fourth-order valence-electron chi connectivity index (χ4n) is 2.65. The summed E-state index contributed by atoms with van der Waals surface area (Å²) < 4.78 is 5.76.